The molecule has 146 valence electrons. The second-order valence-electron chi connectivity index (χ2n) is 8.14. The van der Waals surface area contributed by atoms with Crippen molar-refractivity contribution >= 4 is 11.3 Å². The average Bonchev–Trinajstić information content (AvgIpc) is 3.28. The van der Waals surface area contributed by atoms with Gasteiger partial charge in [0, 0.05) is 36.6 Å². The lowest BCUT2D eigenvalue weighted by Gasteiger charge is -2.38. The van der Waals surface area contributed by atoms with Gasteiger partial charge in [-0.15, -0.1) is 21.5 Å². The Balaban J connectivity index is 1.29. The first-order chi connectivity index (χ1) is 13.3. The van der Waals surface area contributed by atoms with Crippen LogP contribution in [-0.4, -0.2) is 54.6 Å². The van der Waals surface area contributed by atoms with Gasteiger partial charge in [0.05, 0.1) is 24.6 Å². The van der Waals surface area contributed by atoms with Crippen molar-refractivity contribution in [3.63, 3.8) is 0 Å². The van der Waals surface area contributed by atoms with Gasteiger partial charge in [-0.25, -0.2) is 0 Å². The first-order valence-electron chi connectivity index (χ1n) is 10.1. The molecule has 1 aliphatic carbocycles. The van der Waals surface area contributed by atoms with Gasteiger partial charge in [-0.3, -0.25) is 4.90 Å². The zero-order chi connectivity index (χ0) is 18.1. The first-order valence-corrected chi connectivity index (χ1v) is 10.9. The third-order valence-corrected chi connectivity index (χ3v) is 7.33. The van der Waals surface area contributed by atoms with Gasteiger partial charge in [-0.1, -0.05) is 0 Å². The molecule has 4 heterocycles. The van der Waals surface area contributed by atoms with Gasteiger partial charge in [0.2, 0.25) is 5.89 Å². The third kappa shape index (κ3) is 3.83. The molecule has 1 spiro atoms. The van der Waals surface area contributed by atoms with Crippen molar-refractivity contribution in [3.05, 3.63) is 22.4 Å². The minimum Gasteiger partial charge on any atom is -0.419 e. The number of aromatic nitrogens is 2. The SMILES string of the molecule is c1c(-c2nnc(CN3CCOCC4(CCOCC4)C3)o2)sc2c1CCCC2. The Hall–Kier alpha value is -1.28. The summed E-state index contributed by atoms with van der Waals surface area (Å²) in [5.41, 5.74) is 1.69. The highest BCUT2D eigenvalue weighted by atomic mass is 32.1. The molecule has 0 unspecified atom stereocenters. The van der Waals surface area contributed by atoms with Crippen LogP contribution in [0.1, 0.15) is 42.0 Å². The van der Waals surface area contributed by atoms with Gasteiger partial charge in [0.15, 0.2) is 0 Å². The molecular formula is C20H27N3O3S. The van der Waals surface area contributed by atoms with Gasteiger partial charge >= 0.3 is 0 Å². The van der Waals surface area contributed by atoms with E-state index in [1.165, 1.54) is 36.1 Å². The first kappa shape index (κ1) is 17.8. The van der Waals surface area contributed by atoms with Crippen molar-refractivity contribution in [1.29, 1.82) is 0 Å². The van der Waals surface area contributed by atoms with Crippen LogP contribution in [0.15, 0.2) is 10.5 Å². The summed E-state index contributed by atoms with van der Waals surface area (Å²) in [4.78, 5) is 5.04. The molecule has 0 saturated carbocycles. The monoisotopic (exact) mass is 389 g/mol. The van der Waals surface area contributed by atoms with Gasteiger partial charge in [-0.05, 0) is 50.2 Å². The Morgan fingerprint density at radius 1 is 1.07 bits per heavy atom. The van der Waals surface area contributed by atoms with E-state index >= 15 is 0 Å². The Morgan fingerprint density at radius 2 is 1.96 bits per heavy atom. The van der Waals surface area contributed by atoms with E-state index in [1.807, 2.05) is 11.3 Å². The summed E-state index contributed by atoms with van der Waals surface area (Å²) in [5.74, 6) is 1.39. The fourth-order valence-corrected chi connectivity index (χ4v) is 5.70. The second kappa shape index (κ2) is 7.62. The predicted octanol–water partition coefficient (Wildman–Crippen LogP) is 3.31. The van der Waals surface area contributed by atoms with E-state index in [1.54, 1.807) is 0 Å². The van der Waals surface area contributed by atoms with Crippen LogP contribution in [0.4, 0.5) is 0 Å². The highest BCUT2D eigenvalue weighted by molar-refractivity contribution is 7.15. The molecule has 0 amide bonds. The number of rotatable bonds is 3. The molecule has 2 aromatic heterocycles. The summed E-state index contributed by atoms with van der Waals surface area (Å²) in [5, 5.41) is 8.68. The van der Waals surface area contributed by atoms with Gasteiger partial charge in [0.25, 0.3) is 5.89 Å². The van der Waals surface area contributed by atoms with Crippen molar-refractivity contribution in [3.8, 4) is 10.8 Å². The molecule has 0 radical (unpaired) electrons. The molecule has 0 N–H and O–H groups in total. The van der Waals surface area contributed by atoms with E-state index in [9.17, 15) is 0 Å². The quantitative estimate of drug-likeness (QED) is 0.803. The van der Waals surface area contributed by atoms with E-state index in [2.05, 4.69) is 21.2 Å². The fourth-order valence-electron chi connectivity index (χ4n) is 4.53. The Labute approximate surface area is 163 Å². The molecule has 0 atom stereocenters. The zero-order valence-corrected chi connectivity index (χ0v) is 16.6. The Bertz CT molecular complexity index is 758. The number of aryl methyl sites for hydroxylation is 2. The number of hydrogen-bond acceptors (Lipinski definition) is 7. The normalized spacial score (nSPS) is 23.3. The lowest BCUT2D eigenvalue weighted by atomic mass is 9.80. The summed E-state index contributed by atoms with van der Waals surface area (Å²) in [6.45, 7) is 5.90. The van der Waals surface area contributed by atoms with Crippen LogP contribution in [-0.2, 0) is 28.9 Å². The molecule has 0 aromatic carbocycles. The molecule has 0 bridgehead atoms. The van der Waals surface area contributed by atoms with E-state index in [4.69, 9.17) is 13.9 Å². The maximum absolute atomic E-state index is 6.05. The van der Waals surface area contributed by atoms with Gasteiger partial charge in [-0.2, -0.15) is 0 Å². The second-order valence-corrected chi connectivity index (χ2v) is 9.28. The smallest absolute Gasteiger partial charge is 0.257 e. The predicted molar refractivity (Wildman–Crippen MR) is 103 cm³/mol. The van der Waals surface area contributed by atoms with Crippen molar-refractivity contribution in [1.82, 2.24) is 15.1 Å². The largest absolute Gasteiger partial charge is 0.419 e. The van der Waals surface area contributed by atoms with E-state index in [-0.39, 0.29) is 5.41 Å². The molecule has 2 aliphatic heterocycles. The van der Waals surface area contributed by atoms with Crippen molar-refractivity contribution in [2.75, 3.05) is 39.5 Å². The number of ether oxygens (including phenoxy) is 2. The molecule has 27 heavy (non-hydrogen) atoms. The van der Waals surface area contributed by atoms with E-state index in [0.29, 0.717) is 18.3 Å². The van der Waals surface area contributed by atoms with E-state index in [0.717, 1.165) is 57.2 Å². The summed E-state index contributed by atoms with van der Waals surface area (Å²) in [6.07, 6.45) is 7.11. The lowest BCUT2D eigenvalue weighted by Crippen LogP contribution is -2.42. The topological polar surface area (TPSA) is 60.6 Å². The van der Waals surface area contributed by atoms with Crippen LogP contribution in [0.25, 0.3) is 10.8 Å². The van der Waals surface area contributed by atoms with Crippen LogP contribution in [0, 0.1) is 5.41 Å². The fraction of sp³-hybridized carbons (Fsp3) is 0.700. The minimum absolute atomic E-state index is 0.213. The highest BCUT2D eigenvalue weighted by Crippen LogP contribution is 2.36. The molecule has 2 fully saturated rings. The van der Waals surface area contributed by atoms with Gasteiger partial charge < -0.3 is 13.9 Å². The molecule has 3 aliphatic rings. The van der Waals surface area contributed by atoms with E-state index < -0.39 is 0 Å². The number of thiophene rings is 1. The number of nitrogens with zero attached hydrogens (tertiary/aromatic N) is 3. The Morgan fingerprint density at radius 3 is 2.85 bits per heavy atom. The van der Waals surface area contributed by atoms with Gasteiger partial charge in [0.1, 0.15) is 0 Å². The summed E-state index contributed by atoms with van der Waals surface area (Å²) >= 11 is 1.82. The highest BCUT2D eigenvalue weighted by Gasteiger charge is 2.36. The standard InChI is InChI=1S/C20H27N3O3S/c1-2-4-16-15(3-1)11-17(27-16)19-22-21-18(26-19)12-23-7-10-25-14-20(13-23)5-8-24-9-6-20/h11H,1-10,12-14H2. The average molecular weight is 390 g/mol. The molecule has 2 aromatic rings. The zero-order valence-electron chi connectivity index (χ0n) is 15.7. The molecule has 5 rings (SSSR count). The maximum atomic E-state index is 6.05. The van der Waals surface area contributed by atoms with Crippen molar-refractivity contribution in [2.45, 2.75) is 45.1 Å². The minimum atomic E-state index is 0.213. The van der Waals surface area contributed by atoms with Crippen LogP contribution in [0.3, 0.4) is 0 Å². The molecule has 2 saturated heterocycles. The number of hydrogen-bond donors (Lipinski definition) is 0. The summed E-state index contributed by atoms with van der Waals surface area (Å²) in [7, 11) is 0. The van der Waals surface area contributed by atoms with Crippen LogP contribution in [0.2, 0.25) is 0 Å². The summed E-state index contributed by atoms with van der Waals surface area (Å²) < 4.78 is 17.5. The number of fused-ring (bicyclic) bond motifs is 1. The third-order valence-electron chi connectivity index (χ3n) is 6.11. The van der Waals surface area contributed by atoms with Crippen LogP contribution < -0.4 is 0 Å². The van der Waals surface area contributed by atoms with Crippen molar-refractivity contribution in [2.24, 2.45) is 5.41 Å². The van der Waals surface area contributed by atoms with Crippen LogP contribution in [0.5, 0.6) is 0 Å². The van der Waals surface area contributed by atoms with Crippen molar-refractivity contribution < 1.29 is 13.9 Å². The lowest BCUT2D eigenvalue weighted by molar-refractivity contribution is -0.0323. The molecule has 7 heteroatoms. The molecule has 6 nitrogen and oxygen atoms in total. The van der Waals surface area contributed by atoms with Crippen LogP contribution >= 0.6 is 11.3 Å². The maximum Gasteiger partial charge on any atom is 0.257 e. The molecular weight excluding hydrogens is 362 g/mol. The summed E-state index contributed by atoms with van der Waals surface area (Å²) in [6, 6.07) is 2.26. The Kier molecular flexibility index (Phi) is 5.02.